The molecule has 4 N–H and O–H groups in total. The molecular formula is C20H22ClN5. The molecule has 1 heterocycles. The van der Waals surface area contributed by atoms with Gasteiger partial charge in [-0.15, -0.1) is 0 Å². The van der Waals surface area contributed by atoms with E-state index in [0.29, 0.717) is 17.3 Å². The van der Waals surface area contributed by atoms with Crippen LogP contribution in [0.15, 0.2) is 48.5 Å². The average molecular weight is 368 g/mol. The third-order valence-electron chi connectivity index (χ3n) is 4.27. The van der Waals surface area contributed by atoms with Crippen LogP contribution >= 0.6 is 11.6 Å². The number of hydrogen-bond donors (Lipinski definition) is 2. The maximum Gasteiger partial charge on any atom is 0.222 e. The number of nitrogens with two attached hydrogens (primary N) is 2. The second-order valence-corrected chi connectivity index (χ2v) is 6.56. The summed E-state index contributed by atoms with van der Waals surface area (Å²) in [5.74, 6) is 0.576. The average Bonchev–Trinajstić information content (AvgIpc) is 2.62. The molecule has 0 saturated heterocycles. The smallest absolute Gasteiger partial charge is 0.222 e. The Morgan fingerprint density at radius 3 is 2.46 bits per heavy atom. The minimum Gasteiger partial charge on any atom is -0.383 e. The molecule has 134 valence electrons. The number of hydrogen-bond acceptors (Lipinski definition) is 5. The zero-order valence-electron chi connectivity index (χ0n) is 14.9. The van der Waals surface area contributed by atoms with Crippen molar-refractivity contribution < 1.29 is 0 Å². The molecule has 2 aromatic carbocycles. The molecule has 5 nitrogen and oxygen atoms in total. The van der Waals surface area contributed by atoms with Gasteiger partial charge in [-0.1, -0.05) is 54.9 Å². The Morgan fingerprint density at radius 2 is 1.77 bits per heavy atom. The topological polar surface area (TPSA) is 81.1 Å². The van der Waals surface area contributed by atoms with E-state index in [1.807, 2.05) is 50.4 Å². The molecule has 0 radical (unpaired) electrons. The second-order valence-electron chi connectivity index (χ2n) is 6.15. The van der Waals surface area contributed by atoms with E-state index < -0.39 is 0 Å². The lowest BCUT2D eigenvalue weighted by Crippen LogP contribution is -2.17. The van der Waals surface area contributed by atoms with Crippen LogP contribution in [-0.2, 0) is 13.0 Å². The normalized spacial score (nSPS) is 10.7. The van der Waals surface area contributed by atoms with Crippen molar-refractivity contribution in [2.45, 2.75) is 19.9 Å². The SMILES string of the molecule is CCc1nc(N)nc(N)c1-c1ccc(Cl)c(N(C)Cc2ccccc2)c1. The number of anilines is 3. The first-order valence-electron chi connectivity index (χ1n) is 8.46. The van der Waals surface area contributed by atoms with Crippen LogP contribution in [0.1, 0.15) is 18.2 Å². The molecule has 0 amide bonds. The molecule has 0 unspecified atom stereocenters. The van der Waals surface area contributed by atoms with E-state index in [2.05, 4.69) is 27.0 Å². The van der Waals surface area contributed by atoms with E-state index >= 15 is 0 Å². The Kier molecular flexibility index (Phi) is 5.28. The van der Waals surface area contributed by atoms with Gasteiger partial charge in [0, 0.05) is 19.2 Å². The first-order chi connectivity index (χ1) is 12.5. The van der Waals surface area contributed by atoms with Crippen molar-refractivity contribution in [2.75, 3.05) is 23.4 Å². The highest BCUT2D eigenvalue weighted by atomic mass is 35.5. The fourth-order valence-electron chi connectivity index (χ4n) is 3.02. The lowest BCUT2D eigenvalue weighted by Gasteiger charge is -2.22. The zero-order valence-corrected chi connectivity index (χ0v) is 15.7. The highest BCUT2D eigenvalue weighted by Crippen LogP contribution is 2.35. The summed E-state index contributed by atoms with van der Waals surface area (Å²) in [6.45, 7) is 2.77. The highest BCUT2D eigenvalue weighted by molar-refractivity contribution is 6.33. The minimum atomic E-state index is 0.193. The summed E-state index contributed by atoms with van der Waals surface area (Å²) in [4.78, 5) is 10.6. The van der Waals surface area contributed by atoms with Crippen LogP contribution in [-0.4, -0.2) is 17.0 Å². The van der Waals surface area contributed by atoms with Gasteiger partial charge in [0.2, 0.25) is 5.95 Å². The number of aryl methyl sites for hydroxylation is 1. The summed E-state index contributed by atoms with van der Waals surface area (Å²) < 4.78 is 0. The standard InChI is InChI=1S/C20H22ClN5/c1-3-16-18(19(22)25-20(23)24-16)14-9-10-15(21)17(11-14)26(2)12-13-7-5-4-6-8-13/h4-11H,3,12H2,1-2H3,(H4,22,23,24,25). The molecule has 0 bridgehead atoms. The van der Waals surface area contributed by atoms with Gasteiger partial charge >= 0.3 is 0 Å². The molecule has 6 heteroatoms. The number of rotatable bonds is 5. The Labute approximate surface area is 158 Å². The van der Waals surface area contributed by atoms with E-state index in [4.69, 9.17) is 23.1 Å². The van der Waals surface area contributed by atoms with Crippen LogP contribution in [0.5, 0.6) is 0 Å². The molecule has 0 saturated carbocycles. The Morgan fingerprint density at radius 1 is 1.04 bits per heavy atom. The van der Waals surface area contributed by atoms with Crippen molar-refractivity contribution in [1.29, 1.82) is 0 Å². The molecule has 0 aliphatic carbocycles. The number of nitrogen functional groups attached to an aromatic ring is 2. The Bertz CT molecular complexity index is 912. The molecule has 0 spiro atoms. The predicted octanol–water partition coefficient (Wildman–Crippen LogP) is 4.16. The molecule has 1 aromatic heterocycles. The Hall–Kier alpha value is -2.79. The number of nitrogens with zero attached hydrogens (tertiary/aromatic N) is 3. The molecule has 0 aliphatic rings. The van der Waals surface area contributed by atoms with Crippen molar-refractivity contribution in [2.24, 2.45) is 0 Å². The van der Waals surface area contributed by atoms with Crippen LogP contribution in [0.2, 0.25) is 5.02 Å². The molecule has 3 aromatic rings. The van der Waals surface area contributed by atoms with Crippen molar-refractivity contribution in [3.8, 4) is 11.1 Å². The maximum atomic E-state index is 6.46. The minimum absolute atomic E-state index is 0.193. The summed E-state index contributed by atoms with van der Waals surface area (Å²) in [5.41, 5.74) is 16.6. The summed E-state index contributed by atoms with van der Waals surface area (Å²) in [6, 6.07) is 16.1. The van der Waals surface area contributed by atoms with Crippen molar-refractivity contribution >= 4 is 29.1 Å². The summed E-state index contributed by atoms with van der Waals surface area (Å²) in [6.07, 6.45) is 0.712. The zero-order chi connectivity index (χ0) is 18.7. The Balaban J connectivity index is 2.01. The molecule has 0 fully saturated rings. The van der Waals surface area contributed by atoms with Crippen molar-refractivity contribution in [3.05, 3.63) is 64.8 Å². The quantitative estimate of drug-likeness (QED) is 0.707. The second kappa shape index (κ2) is 7.62. The van der Waals surface area contributed by atoms with Gasteiger partial charge in [0.1, 0.15) is 5.82 Å². The fraction of sp³-hybridized carbons (Fsp3) is 0.200. The predicted molar refractivity (Wildman–Crippen MR) is 109 cm³/mol. The molecule has 3 rings (SSSR count). The van der Waals surface area contributed by atoms with Gasteiger partial charge in [0.05, 0.1) is 16.4 Å². The van der Waals surface area contributed by atoms with Crippen molar-refractivity contribution in [3.63, 3.8) is 0 Å². The van der Waals surface area contributed by atoms with Gasteiger partial charge in [0.15, 0.2) is 0 Å². The summed E-state index contributed by atoms with van der Waals surface area (Å²) in [5, 5.41) is 0.681. The van der Waals surface area contributed by atoms with Gasteiger partial charge in [-0.3, -0.25) is 0 Å². The van der Waals surface area contributed by atoms with Crippen molar-refractivity contribution in [1.82, 2.24) is 9.97 Å². The van der Waals surface area contributed by atoms with Gasteiger partial charge in [-0.05, 0) is 29.7 Å². The lowest BCUT2D eigenvalue weighted by molar-refractivity contribution is 0.923. The fourth-order valence-corrected chi connectivity index (χ4v) is 3.28. The van der Waals surface area contributed by atoms with Gasteiger partial charge < -0.3 is 16.4 Å². The van der Waals surface area contributed by atoms with E-state index in [1.54, 1.807) is 0 Å². The van der Waals surface area contributed by atoms with E-state index in [0.717, 1.165) is 29.1 Å². The number of aromatic nitrogens is 2. The summed E-state index contributed by atoms with van der Waals surface area (Å²) >= 11 is 6.46. The molecule has 0 aliphatic heterocycles. The first-order valence-corrected chi connectivity index (χ1v) is 8.84. The van der Waals surface area contributed by atoms with Crippen LogP contribution in [0.3, 0.4) is 0 Å². The highest BCUT2D eigenvalue weighted by Gasteiger charge is 2.15. The first kappa shape index (κ1) is 18.0. The van der Waals surface area contributed by atoms with E-state index in [9.17, 15) is 0 Å². The maximum absolute atomic E-state index is 6.46. The van der Waals surface area contributed by atoms with E-state index in [1.165, 1.54) is 5.56 Å². The van der Waals surface area contributed by atoms with Crippen LogP contribution < -0.4 is 16.4 Å². The number of halogens is 1. The van der Waals surface area contributed by atoms with Gasteiger partial charge in [0.25, 0.3) is 0 Å². The third kappa shape index (κ3) is 3.73. The van der Waals surface area contributed by atoms with Gasteiger partial charge in [-0.2, -0.15) is 4.98 Å². The lowest BCUT2D eigenvalue weighted by atomic mass is 10.0. The van der Waals surface area contributed by atoms with Gasteiger partial charge in [-0.25, -0.2) is 4.98 Å². The van der Waals surface area contributed by atoms with Crippen LogP contribution in [0.25, 0.3) is 11.1 Å². The number of benzene rings is 2. The van der Waals surface area contributed by atoms with Crippen LogP contribution in [0.4, 0.5) is 17.5 Å². The monoisotopic (exact) mass is 367 g/mol. The molecular weight excluding hydrogens is 346 g/mol. The largest absolute Gasteiger partial charge is 0.383 e. The molecule has 26 heavy (non-hydrogen) atoms. The third-order valence-corrected chi connectivity index (χ3v) is 4.59. The van der Waals surface area contributed by atoms with E-state index in [-0.39, 0.29) is 5.95 Å². The summed E-state index contributed by atoms with van der Waals surface area (Å²) in [7, 11) is 2.02. The van der Waals surface area contributed by atoms with Crippen LogP contribution in [0, 0.1) is 0 Å². The molecule has 0 atom stereocenters.